The third kappa shape index (κ3) is 4.14. The smallest absolute Gasteiger partial charge is 0.419 e. The molecule has 0 bridgehead atoms. The van der Waals surface area contributed by atoms with Crippen molar-refractivity contribution in [1.29, 1.82) is 0 Å². The van der Waals surface area contributed by atoms with Crippen molar-refractivity contribution in [1.82, 2.24) is 0 Å². The van der Waals surface area contributed by atoms with Gasteiger partial charge in [0.2, 0.25) is 0 Å². The lowest BCUT2D eigenvalue weighted by Crippen LogP contribution is -2.25. The third-order valence-corrected chi connectivity index (χ3v) is 3.71. The van der Waals surface area contributed by atoms with Crippen LogP contribution in [-0.2, 0) is 17.5 Å². The predicted octanol–water partition coefficient (Wildman–Crippen LogP) is 3.60. The number of benzene rings is 1. The van der Waals surface area contributed by atoms with Gasteiger partial charge in [-0.2, -0.15) is 13.2 Å². The van der Waals surface area contributed by atoms with E-state index in [4.69, 9.17) is 4.74 Å². The molecule has 0 heterocycles. The number of para-hydroxylation sites is 1. The standard InChI is InChI=1S/C13H16F3NO2S/c1-12(2,3)20(18)17-8-9-6-5-7-10(11(9)19-4)13(14,15)16/h5-8H,1-4H3/b17-8+. The van der Waals surface area contributed by atoms with Gasteiger partial charge in [-0.05, 0) is 32.9 Å². The first-order chi connectivity index (χ1) is 9.07. The van der Waals surface area contributed by atoms with Crippen molar-refractivity contribution >= 4 is 17.6 Å². The van der Waals surface area contributed by atoms with E-state index in [1.807, 2.05) is 0 Å². The Morgan fingerprint density at radius 1 is 1.25 bits per heavy atom. The fourth-order valence-corrected chi connectivity index (χ4v) is 1.90. The molecule has 0 amide bonds. The van der Waals surface area contributed by atoms with E-state index < -0.39 is 27.8 Å². The van der Waals surface area contributed by atoms with E-state index in [1.165, 1.54) is 12.1 Å². The lowest BCUT2D eigenvalue weighted by molar-refractivity contribution is -0.138. The van der Waals surface area contributed by atoms with Gasteiger partial charge in [0.1, 0.15) is 21.9 Å². The number of alkyl halides is 3. The number of ether oxygens (including phenoxy) is 1. The van der Waals surface area contributed by atoms with Gasteiger partial charge in [-0.1, -0.05) is 10.5 Å². The monoisotopic (exact) mass is 307 g/mol. The first kappa shape index (κ1) is 16.8. The highest BCUT2D eigenvalue weighted by Gasteiger charge is 2.35. The minimum Gasteiger partial charge on any atom is -0.591 e. The normalized spacial score (nSPS) is 14.6. The van der Waals surface area contributed by atoms with Gasteiger partial charge < -0.3 is 9.29 Å². The zero-order valence-corrected chi connectivity index (χ0v) is 12.4. The van der Waals surface area contributed by atoms with Crippen molar-refractivity contribution < 1.29 is 22.5 Å². The number of hydrogen-bond acceptors (Lipinski definition) is 3. The average molecular weight is 307 g/mol. The Morgan fingerprint density at radius 3 is 2.30 bits per heavy atom. The number of halogens is 3. The van der Waals surface area contributed by atoms with E-state index in [1.54, 1.807) is 20.8 Å². The van der Waals surface area contributed by atoms with Gasteiger partial charge in [-0.25, -0.2) is 0 Å². The SMILES string of the molecule is COc1c(/C=N/[S+]([O-])C(C)(C)C)cccc1C(F)(F)F. The fraction of sp³-hybridized carbons (Fsp3) is 0.462. The Labute approximate surface area is 119 Å². The van der Waals surface area contributed by atoms with Gasteiger partial charge in [-0.15, -0.1) is 0 Å². The first-order valence-corrected chi connectivity index (χ1v) is 6.88. The maximum absolute atomic E-state index is 12.8. The summed E-state index contributed by atoms with van der Waals surface area (Å²) in [6.45, 7) is 5.18. The van der Waals surface area contributed by atoms with E-state index in [-0.39, 0.29) is 11.3 Å². The van der Waals surface area contributed by atoms with Gasteiger partial charge in [0.05, 0.1) is 18.9 Å². The third-order valence-electron chi connectivity index (χ3n) is 2.37. The quantitative estimate of drug-likeness (QED) is 0.632. The van der Waals surface area contributed by atoms with E-state index in [2.05, 4.69) is 4.40 Å². The molecule has 0 saturated heterocycles. The van der Waals surface area contributed by atoms with Crippen molar-refractivity contribution in [2.24, 2.45) is 4.40 Å². The van der Waals surface area contributed by atoms with Crippen LogP contribution in [0.15, 0.2) is 22.6 Å². The number of methoxy groups -OCH3 is 1. The molecule has 0 aliphatic rings. The summed E-state index contributed by atoms with van der Waals surface area (Å²) in [6.07, 6.45) is -3.37. The van der Waals surface area contributed by atoms with Crippen molar-refractivity contribution in [3.63, 3.8) is 0 Å². The summed E-state index contributed by atoms with van der Waals surface area (Å²) in [5.74, 6) is -0.324. The van der Waals surface area contributed by atoms with Gasteiger partial charge in [0.25, 0.3) is 0 Å². The van der Waals surface area contributed by atoms with Gasteiger partial charge >= 0.3 is 6.18 Å². The topological polar surface area (TPSA) is 44.6 Å². The molecule has 0 radical (unpaired) electrons. The molecule has 0 aliphatic heterocycles. The molecule has 1 aromatic rings. The van der Waals surface area contributed by atoms with Crippen LogP contribution in [0, 0.1) is 0 Å². The van der Waals surface area contributed by atoms with Gasteiger partial charge in [0, 0.05) is 5.56 Å². The Morgan fingerprint density at radius 2 is 1.85 bits per heavy atom. The molecule has 1 unspecified atom stereocenters. The van der Waals surface area contributed by atoms with E-state index in [9.17, 15) is 17.7 Å². The van der Waals surface area contributed by atoms with Crippen LogP contribution in [0.1, 0.15) is 31.9 Å². The molecule has 1 rings (SSSR count). The molecule has 0 aromatic heterocycles. The molecule has 112 valence electrons. The molecule has 1 atom stereocenters. The Bertz CT molecular complexity index is 495. The van der Waals surface area contributed by atoms with E-state index in [0.29, 0.717) is 0 Å². The summed E-state index contributed by atoms with van der Waals surface area (Å²) in [7, 11) is 1.16. The molecular weight excluding hydrogens is 291 g/mol. The summed E-state index contributed by atoms with van der Waals surface area (Å²) in [4.78, 5) is 0. The van der Waals surface area contributed by atoms with Crippen LogP contribution < -0.4 is 4.74 Å². The van der Waals surface area contributed by atoms with Crippen LogP contribution in [0.4, 0.5) is 13.2 Å². The Kier molecular flexibility index (Phi) is 5.10. The summed E-state index contributed by atoms with van der Waals surface area (Å²) in [6, 6.07) is 3.61. The fourth-order valence-electron chi connectivity index (χ4n) is 1.37. The van der Waals surface area contributed by atoms with Crippen LogP contribution in [-0.4, -0.2) is 22.6 Å². The predicted molar refractivity (Wildman–Crippen MR) is 73.5 cm³/mol. The van der Waals surface area contributed by atoms with Crippen LogP contribution in [0.2, 0.25) is 0 Å². The van der Waals surface area contributed by atoms with Crippen LogP contribution in [0.3, 0.4) is 0 Å². The Balaban J connectivity index is 3.17. The lowest BCUT2D eigenvalue weighted by atomic mass is 10.1. The van der Waals surface area contributed by atoms with Crippen molar-refractivity contribution in [3.05, 3.63) is 29.3 Å². The number of rotatable bonds is 3. The molecule has 0 N–H and O–H groups in total. The van der Waals surface area contributed by atoms with Crippen LogP contribution in [0.5, 0.6) is 5.75 Å². The van der Waals surface area contributed by atoms with Gasteiger partial charge in [0.15, 0.2) is 0 Å². The minimum absolute atomic E-state index is 0.139. The molecule has 7 heteroatoms. The van der Waals surface area contributed by atoms with E-state index in [0.717, 1.165) is 19.4 Å². The molecule has 0 fully saturated rings. The number of hydrogen-bond donors (Lipinski definition) is 0. The zero-order valence-electron chi connectivity index (χ0n) is 11.6. The average Bonchev–Trinajstić information content (AvgIpc) is 2.32. The molecular formula is C13H16F3NO2S. The highest BCUT2D eigenvalue weighted by molar-refractivity contribution is 7.91. The maximum atomic E-state index is 12.8. The highest BCUT2D eigenvalue weighted by Crippen LogP contribution is 2.37. The van der Waals surface area contributed by atoms with Crippen LogP contribution in [0.25, 0.3) is 0 Å². The first-order valence-electron chi connectivity index (χ1n) is 5.77. The van der Waals surface area contributed by atoms with Crippen molar-refractivity contribution in [2.45, 2.75) is 31.7 Å². The second-order valence-electron chi connectivity index (χ2n) is 5.02. The minimum atomic E-state index is -4.52. The second-order valence-corrected chi connectivity index (χ2v) is 6.96. The summed E-state index contributed by atoms with van der Waals surface area (Å²) in [5.41, 5.74) is -0.745. The lowest BCUT2D eigenvalue weighted by Gasteiger charge is -2.18. The molecule has 0 saturated carbocycles. The molecule has 20 heavy (non-hydrogen) atoms. The van der Waals surface area contributed by atoms with Crippen molar-refractivity contribution in [3.8, 4) is 5.75 Å². The van der Waals surface area contributed by atoms with Crippen LogP contribution >= 0.6 is 0 Å². The maximum Gasteiger partial charge on any atom is 0.419 e. The highest BCUT2D eigenvalue weighted by atomic mass is 32.2. The molecule has 3 nitrogen and oxygen atoms in total. The summed E-state index contributed by atoms with van der Waals surface area (Å²) in [5, 5.41) is 0. The second kappa shape index (κ2) is 6.05. The molecule has 0 spiro atoms. The van der Waals surface area contributed by atoms with Crippen molar-refractivity contribution in [2.75, 3.05) is 7.11 Å². The zero-order chi connectivity index (χ0) is 15.6. The number of nitrogens with zero attached hydrogens (tertiary/aromatic N) is 1. The van der Waals surface area contributed by atoms with E-state index >= 15 is 0 Å². The summed E-state index contributed by atoms with van der Waals surface area (Å²) < 4.78 is 58.3. The molecule has 1 aromatic carbocycles. The van der Waals surface area contributed by atoms with Gasteiger partial charge in [-0.3, -0.25) is 0 Å². The summed E-state index contributed by atoms with van der Waals surface area (Å²) >= 11 is -1.54. The largest absolute Gasteiger partial charge is 0.591 e. The Hall–Kier alpha value is -1.21. The molecule has 0 aliphatic carbocycles.